The maximum Gasteiger partial charge on any atom is 0.408 e. The first-order chi connectivity index (χ1) is 18.0. The molecule has 0 saturated heterocycles. The number of sulfone groups is 1. The Bertz CT molecular complexity index is 1590. The highest BCUT2D eigenvalue weighted by Crippen LogP contribution is 2.41. The zero-order chi connectivity index (χ0) is 27.1. The van der Waals surface area contributed by atoms with Crippen LogP contribution in [0.1, 0.15) is 53.0 Å². The topological polar surface area (TPSA) is 98.9 Å². The fourth-order valence-electron chi connectivity index (χ4n) is 4.32. The summed E-state index contributed by atoms with van der Waals surface area (Å²) in [6.45, 7) is 0.999. The smallest absolute Gasteiger partial charge is 0.348 e. The summed E-state index contributed by atoms with van der Waals surface area (Å²) in [5.41, 5.74) is 3.25. The molecule has 0 atom stereocenters. The lowest BCUT2D eigenvalue weighted by Crippen LogP contribution is -2.22. The highest BCUT2D eigenvalue weighted by atomic mass is 32.2. The molecular weight excluding hydrogens is 519 g/mol. The Balaban J connectivity index is 1.32. The predicted octanol–water partition coefficient (Wildman–Crippen LogP) is 4.44. The molecule has 1 fully saturated rings. The SMILES string of the molecule is CCS(=O)(=O)c1ccc(CNC(=O)c2ccc3c(c2)nc(C2CC2)n3Cc2cnn(CC(F)(F)F)c2)cc1. The van der Waals surface area contributed by atoms with Gasteiger partial charge in [0.15, 0.2) is 9.84 Å². The number of hydrogen-bond acceptors (Lipinski definition) is 5. The van der Waals surface area contributed by atoms with Crippen LogP contribution in [0.4, 0.5) is 13.2 Å². The summed E-state index contributed by atoms with van der Waals surface area (Å²) in [6, 6.07) is 11.6. The largest absolute Gasteiger partial charge is 0.408 e. The van der Waals surface area contributed by atoms with Crippen molar-refractivity contribution in [2.75, 3.05) is 5.75 Å². The molecule has 1 N–H and O–H groups in total. The van der Waals surface area contributed by atoms with Crippen LogP contribution < -0.4 is 5.32 Å². The standard InChI is InChI=1S/C26H26F3N5O3S/c1-2-38(36,37)21-8-3-17(4-9-21)12-30-25(35)20-7-10-23-22(11-20)32-24(19-5-6-19)34(23)15-18-13-31-33(14-18)16-26(27,28)29/h3-4,7-11,13-14,19H,2,5-6,12,15-16H2,1H3,(H,30,35). The van der Waals surface area contributed by atoms with Gasteiger partial charge in [-0.3, -0.25) is 9.48 Å². The molecule has 5 rings (SSSR count). The van der Waals surface area contributed by atoms with Gasteiger partial charge in [-0.05, 0) is 48.7 Å². The van der Waals surface area contributed by atoms with E-state index < -0.39 is 22.6 Å². The quantitative estimate of drug-likeness (QED) is 0.335. The highest BCUT2D eigenvalue weighted by molar-refractivity contribution is 7.91. The molecule has 1 aliphatic carbocycles. The average molecular weight is 546 g/mol. The van der Waals surface area contributed by atoms with Crippen LogP contribution in [0.15, 0.2) is 59.8 Å². The maximum absolute atomic E-state index is 12.8. The van der Waals surface area contributed by atoms with Crippen molar-refractivity contribution in [1.82, 2.24) is 24.6 Å². The molecule has 2 heterocycles. The van der Waals surface area contributed by atoms with Gasteiger partial charge in [-0.25, -0.2) is 13.4 Å². The number of alkyl halides is 3. The van der Waals surface area contributed by atoms with Crippen LogP contribution in [-0.4, -0.2) is 45.6 Å². The maximum atomic E-state index is 12.8. The second-order valence-corrected chi connectivity index (χ2v) is 11.7. The van der Waals surface area contributed by atoms with Crippen molar-refractivity contribution in [1.29, 1.82) is 0 Å². The van der Waals surface area contributed by atoms with E-state index in [0.29, 0.717) is 23.2 Å². The molecule has 2 aromatic carbocycles. The molecule has 8 nitrogen and oxygen atoms in total. The molecule has 0 bridgehead atoms. The number of fused-ring (bicyclic) bond motifs is 1. The molecule has 0 aliphatic heterocycles. The van der Waals surface area contributed by atoms with Crippen LogP contribution in [0.3, 0.4) is 0 Å². The van der Waals surface area contributed by atoms with Crippen molar-refractivity contribution in [3.63, 3.8) is 0 Å². The number of aromatic nitrogens is 4. The molecule has 4 aromatic rings. The summed E-state index contributed by atoms with van der Waals surface area (Å²) in [5, 5.41) is 6.68. The van der Waals surface area contributed by atoms with Gasteiger partial charge in [-0.15, -0.1) is 0 Å². The van der Waals surface area contributed by atoms with Crippen molar-refractivity contribution < 1.29 is 26.4 Å². The normalized spacial score (nSPS) is 14.2. The van der Waals surface area contributed by atoms with E-state index in [-0.39, 0.29) is 29.0 Å². The average Bonchev–Trinajstić information content (AvgIpc) is 3.54. The lowest BCUT2D eigenvalue weighted by Gasteiger charge is -2.09. The van der Waals surface area contributed by atoms with Crippen molar-refractivity contribution in [2.45, 2.75) is 56.4 Å². The van der Waals surface area contributed by atoms with Gasteiger partial charge < -0.3 is 9.88 Å². The number of amides is 1. The van der Waals surface area contributed by atoms with Crippen LogP contribution in [0.2, 0.25) is 0 Å². The van der Waals surface area contributed by atoms with Gasteiger partial charge in [-0.2, -0.15) is 18.3 Å². The van der Waals surface area contributed by atoms with Crippen LogP contribution in [-0.2, 0) is 29.5 Å². The molecule has 12 heteroatoms. The Hall–Kier alpha value is -3.67. The van der Waals surface area contributed by atoms with Crippen molar-refractivity contribution >= 4 is 26.8 Å². The van der Waals surface area contributed by atoms with Crippen LogP contribution in [0.5, 0.6) is 0 Å². The molecule has 38 heavy (non-hydrogen) atoms. The number of nitrogens with zero attached hydrogens (tertiary/aromatic N) is 4. The third kappa shape index (κ3) is 5.74. The molecule has 1 saturated carbocycles. The Morgan fingerprint density at radius 1 is 1.11 bits per heavy atom. The van der Waals surface area contributed by atoms with Gasteiger partial charge in [0.05, 0.1) is 34.4 Å². The van der Waals surface area contributed by atoms with Crippen LogP contribution in [0.25, 0.3) is 11.0 Å². The van der Waals surface area contributed by atoms with Gasteiger partial charge in [-0.1, -0.05) is 19.1 Å². The van der Waals surface area contributed by atoms with Crippen molar-refractivity contribution in [3.8, 4) is 0 Å². The first kappa shape index (κ1) is 26.0. The fraction of sp³-hybridized carbons (Fsp3) is 0.346. The Labute approximate surface area is 217 Å². The summed E-state index contributed by atoms with van der Waals surface area (Å²) in [5.74, 6) is 0.853. The van der Waals surface area contributed by atoms with Gasteiger partial charge >= 0.3 is 6.18 Å². The molecule has 0 unspecified atom stereocenters. The molecular formula is C26H26F3N5O3S. The Kier molecular flexibility index (Phi) is 6.76. The van der Waals surface area contributed by atoms with E-state index in [4.69, 9.17) is 4.98 Å². The first-order valence-corrected chi connectivity index (χ1v) is 13.9. The summed E-state index contributed by atoms with van der Waals surface area (Å²) in [6.07, 6.45) is 0.452. The summed E-state index contributed by atoms with van der Waals surface area (Å²) in [7, 11) is -3.29. The Morgan fingerprint density at radius 3 is 2.50 bits per heavy atom. The highest BCUT2D eigenvalue weighted by Gasteiger charge is 2.31. The van der Waals surface area contributed by atoms with E-state index in [1.165, 1.54) is 24.5 Å². The molecule has 1 aliphatic rings. The van der Waals surface area contributed by atoms with Crippen LogP contribution in [0, 0.1) is 0 Å². The number of carbonyl (C=O) groups excluding carboxylic acids is 1. The number of carbonyl (C=O) groups is 1. The monoisotopic (exact) mass is 545 g/mol. The minimum Gasteiger partial charge on any atom is -0.348 e. The zero-order valence-electron chi connectivity index (χ0n) is 20.6. The number of hydrogen-bond donors (Lipinski definition) is 1. The fourth-order valence-corrected chi connectivity index (χ4v) is 5.20. The van der Waals surface area contributed by atoms with E-state index in [2.05, 4.69) is 10.4 Å². The van der Waals surface area contributed by atoms with E-state index in [1.807, 2.05) is 4.57 Å². The minimum atomic E-state index is -4.35. The summed E-state index contributed by atoms with van der Waals surface area (Å²) < 4.78 is 64.9. The first-order valence-electron chi connectivity index (χ1n) is 12.2. The lowest BCUT2D eigenvalue weighted by atomic mass is 10.1. The number of halogens is 3. The van der Waals surface area contributed by atoms with Crippen molar-refractivity contribution in [3.05, 3.63) is 77.4 Å². The molecule has 0 radical (unpaired) electrons. The van der Waals surface area contributed by atoms with E-state index in [9.17, 15) is 26.4 Å². The summed E-state index contributed by atoms with van der Waals surface area (Å²) in [4.78, 5) is 17.8. The second kappa shape index (κ2) is 9.90. The Morgan fingerprint density at radius 2 is 1.84 bits per heavy atom. The number of imidazole rings is 1. The van der Waals surface area contributed by atoms with Crippen molar-refractivity contribution in [2.24, 2.45) is 0 Å². The van der Waals surface area contributed by atoms with Gasteiger partial charge in [0.25, 0.3) is 5.91 Å². The van der Waals surface area contributed by atoms with Gasteiger partial charge in [0.2, 0.25) is 0 Å². The number of rotatable bonds is 9. The van der Waals surface area contributed by atoms with E-state index >= 15 is 0 Å². The summed E-state index contributed by atoms with van der Waals surface area (Å²) >= 11 is 0. The predicted molar refractivity (Wildman–Crippen MR) is 134 cm³/mol. The van der Waals surface area contributed by atoms with E-state index in [0.717, 1.165) is 34.4 Å². The minimum absolute atomic E-state index is 0.0193. The number of nitrogens with one attached hydrogen (secondary N) is 1. The third-order valence-corrected chi connectivity index (χ3v) is 8.22. The second-order valence-electron chi connectivity index (χ2n) is 9.43. The molecule has 0 spiro atoms. The number of benzene rings is 2. The molecule has 1 amide bonds. The molecule has 2 aromatic heterocycles. The van der Waals surface area contributed by atoms with Gasteiger partial charge in [0, 0.05) is 29.8 Å². The lowest BCUT2D eigenvalue weighted by molar-refractivity contribution is -0.142. The zero-order valence-corrected chi connectivity index (χ0v) is 21.4. The van der Waals surface area contributed by atoms with E-state index in [1.54, 1.807) is 37.3 Å². The van der Waals surface area contributed by atoms with Crippen LogP contribution >= 0.6 is 0 Å². The van der Waals surface area contributed by atoms with Gasteiger partial charge in [0.1, 0.15) is 12.4 Å². The molecule has 200 valence electrons. The third-order valence-electron chi connectivity index (χ3n) is 6.47.